The average molecular weight is 724 g/mol. The van der Waals surface area contributed by atoms with E-state index in [-0.39, 0.29) is 0 Å². The van der Waals surface area contributed by atoms with E-state index in [2.05, 4.69) is 49.9 Å². The molecule has 0 aliphatic rings. The Morgan fingerprint density at radius 2 is 0.500 bits per heavy atom. The van der Waals surface area contributed by atoms with Crippen molar-refractivity contribution in [3.8, 4) is 0 Å². The van der Waals surface area contributed by atoms with E-state index in [0.717, 1.165) is 0 Å². The van der Waals surface area contributed by atoms with Crippen LogP contribution >= 0.6 is 0 Å². The van der Waals surface area contributed by atoms with Gasteiger partial charge in [-0.15, -0.1) is 0 Å². The molecule has 0 heterocycles. The van der Waals surface area contributed by atoms with E-state index in [4.69, 9.17) is 0 Å². The van der Waals surface area contributed by atoms with Gasteiger partial charge in [0.15, 0.2) is 0 Å². The van der Waals surface area contributed by atoms with E-state index < -0.39 is 0 Å². The monoisotopic (exact) mass is 724 g/mol. The summed E-state index contributed by atoms with van der Waals surface area (Å²) in [6.45, 7) is 9.43. The topological polar surface area (TPSA) is 3.24 Å². The number of rotatable bonds is 43. The molecule has 1 aromatic carbocycles. The molecule has 306 valence electrons. The van der Waals surface area contributed by atoms with Gasteiger partial charge in [-0.05, 0) is 43.4 Å². The normalized spacial score (nSPS) is 11.5. The van der Waals surface area contributed by atoms with Gasteiger partial charge in [0.25, 0.3) is 0 Å². The number of aryl methyl sites for hydroxylation is 1. The van der Waals surface area contributed by atoms with Gasteiger partial charge in [-0.2, -0.15) is 0 Å². The fourth-order valence-electron chi connectivity index (χ4n) is 8.23. The Morgan fingerprint density at radius 1 is 0.269 bits per heavy atom. The first-order valence-electron chi connectivity index (χ1n) is 24.7. The minimum Gasteiger partial charge on any atom is -0.372 e. The van der Waals surface area contributed by atoms with E-state index in [1.54, 1.807) is 5.56 Å². The summed E-state index contributed by atoms with van der Waals surface area (Å²) in [7, 11) is 0. The lowest BCUT2D eigenvalue weighted by molar-refractivity contribution is 0.524. The van der Waals surface area contributed by atoms with E-state index in [1.165, 1.54) is 276 Å². The molecule has 1 aromatic rings. The van der Waals surface area contributed by atoms with Crippen molar-refractivity contribution in [3.05, 3.63) is 29.8 Å². The van der Waals surface area contributed by atoms with Crippen LogP contribution in [0.1, 0.15) is 277 Å². The van der Waals surface area contributed by atoms with Gasteiger partial charge in [0.05, 0.1) is 0 Å². The molecule has 0 atom stereocenters. The smallest absolute Gasteiger partial charge is 0.0366 e. The van der Waals surface area contributed by atoms with E-state index in [1.807, 2.05) is 0 Å². The molecule has 52 heavy (non-hydrogen) atoms. The van der Waals surface area contributed by atoms with Crippen LogP contribution in [0.5, 0.6) is 0 Å². The van der Waals surface area contributed by atoms with Crippen LogP contribution in [0.15, 0.2) is 24.3 Å². The second-order valence-corrected chi connectivity index (χ2v) is 17.1. The van der Waals surface area contributed by atoms with Crippen molar-refractivity contribution in [1.82, 2.24) is 0 Å². The Kier molecular flexibility index (Phi) is 38.8. The van der Waals surface area contributed by atoms with Crippen LogP contribution in [0.25, 0.3) is 0 Å². The number of anilines is 1. The standard InChI is InChI=1S/C51H97N/c1-4-7-10-13-16-18-20-22-24-26-28-30-32-35-38-41-48-52(51-46-44-50(45-47-51)43-40-37-34-15-12-9-6-3)49-42-39-36-33-31-29-27-25-23-21-19-17-14-11-8-5-2/h44-47H,4-43,48-49H2,1-3H3. The number of benzene rings is 1. The number of hydrogen-bond donors (Lipinski definition) is 0. The zero-order valence-electron chi connectivity index (χ0n) is 36.5. The van der Waals surface area contributed by atoms with Crippen molar-refractivity contribution >= 4 is 5.69 Å². The van der Waals surface area contributed by atoms with Crippen molar-refractivity contribution in [2.45, 2.75) is 278 Å². The molecule has 0 N–H and O–H groups in total. The highest BCUT2D eigenvalue weighted by Gasteiger charge is 2.07. The lowest BCUT2D eigenvalue weighted by atomic mass is 10.0. The highest BCUT2D eigenvalue weighted by molar-refractivity contribution is 5.47. The largest absolute Gasteiger partial charge is 0.372 e. The van der Waals surface area contributed by atoms with Gasteiger partial charge in [0, 0.05) is 18.8 Å². The lowest BCUT2D eigenvalue weighted by Crippen LogP contribution is -2.25. The van der Waals surface area contributed by atoms with Crippen molar-refractivity contribution in [2.75, 3.05) is 18.0 Å². The molecule has 0 fully saturated rings. The molecule has 1 rings (SSSR count). The zero-order chi connectivity index (χ0) is 37.3. The van der Waals surface area contributed by atoms with E-state index in [9.17, 15) is 0 Å². The fraction of sp³-hybridized carbons (Fsp3) is 0.882. The van der Waals surface area contributed by atoms with Crippen LogP contribution < -0.4 is 4.90 Å². The highest BCUT2D eigenvalue weighted by atomic mass is 15.1. The Morgan fingerprint density at radius 3 is 0.769 bits per heavy atom. The molecule has 0 radical (unpaired) electrons. The molecule has 0 aliphatic heterocycles. The lowest BCUT2D eigenvalue weighted by Gasteiger charge is -2.25. The van der Waals surface area contributed by atoms with Crippen molar-refractivity contribution in [3.63, 3.8) is 0 Å². The number of nitrogens with zero attached hydrogens (tertiary/aromatic N) is 1. The molecule has 0 amide bonds. The van der Waals surface area contributed by atoms with Gasteiger partial charge in [-0.3, -0.25) is 0 Å². The molecule has 0 saturated carbocycles. The maximum absolute atomic E-state index is 2.74. The Labute approximate surface area is 330 Å². The number of unbranched alkanes of at least 4 members (excludes halogenated alkanes) is 36. The predicted molar refractivity (Wildman–Crippen MR) is 239 cm³/mol. The first-order chi connectivity index (χ1) is 25.8. The Balaban J connectivity index is 2.24. The van der Waals surface area contributed by atoms with Crippen LogP contribution in [0.2, 0.25) is 0 Å². The van der Waals surface area contributed by atoms with Gasteiger partial charge in [-0.25, -0.2) is 0 Å². The van der Waals surface area contributed by atoms with Gasteiger partial charge in [-0.1, -0.05) is 264 Å². The molecular weight excluding hydrogens is 627 g/mol. The van der Waals surface area contributed by atoms with E-state index >= 15 is 0 Å². The molecule has 1 heteroatoms. The first kappa shape index (κ1) is 49.0. The third kappa shape index (κ3) is 33.6. The van der Waals surface area contributed by atoms with Gasteiger partial charge in [0.2, 0.25) is 0 Å². The highest BCUT2D eigenvalue weighted by Crippen LogP contribution is 2.21. The molecule has 0 aromatic heterocycles. The Hall–Kier alpha value is -0.980. The third-order valence-corrected chi connectivity index (χ3v) is 11.9. The molecule has 0 bridgehead atoms. The molecule has 0 spiro atoms. The summed E-state index contributed by atoms with van der Waals surface area (Å²) in [4.78, 5) is 2.74. The minimum atomic E-state index is 1.24. The molecule has 0 saturated heterocycles. The second-order valence-electron chi connectivity index (χ2n) is 17.1. The van der Waals surface area contributed by atoms with Crippen molar-refractivity contribution in [1.29, 1.82) is 0 Å². The Bertz CT molecular complexity index is 747. The maximum atomic E-state index is 2.74. The fourth-order valence-corrected chi connectivity index (χ4v) is 8.23. The minimum absolute atomic E-state index is 1.24. The third-order valence-electron chi connectivity index (χ3n) is 11.9. The number of hydrogen-bond acceptors (Lipinski definition) is 1. The van der Waals surface area contributed by atoms with Crippen molar-refractivity contribution in [2.24, 2.45) is 0 Å². The summed E-state index contributed by atoms with van der Waals surface area (Å²) >= 11 is 0. The summed E-state index contributed by atoms with van der Waals surface area (Å²) in [6.07, 6.45) is 57.3. The van der Waals surface area contributed by atoms with Crippen LogP contribution in [0, 0.1) is 0 Å². The van der Waals surface area contributed by atoms with Crippen LogP contribution in [-0.2, 0) is 6.42 Å². The SMILES string of the molecule is CCCCCCCCCCCCCCCCCCN(CCCCCCCCCCCCCCCCCC)c1ccc(CCCCCCCCC)cc1. The maximum Gasteiger partial charge on any atom is 0.0366 e. The zero-order valence-corrected chi connectivity index (χ0v) is 36.5. The average Bonchev–Trinajstić information content (AvgIpc) is 3.16. The van der Waals surface area contributed by atoms with Crippen LogP contribution in [0.4, 0.5) is 5.69 Å². The predicted octanol–water partition coefficient (Wildman–Crippen LogP) is 18.3. The van der Waals surface area contributed by atoms with Gasteiger partial charge in [0.1, 0.15) is 0 Å². The summed E-state index contributed by atoms with van der Waals surface area (Å²) in [5.74, 6) is 0. The van der Waals surface area contributed by atoms with Crippen LogP contribution in [0.3, 0.4) is 0 Å². The quantitative estimate of drug-likeness (QED) is 0.0606. The summed E-state index contributed by atoms with van der Waals surface area (Å²) in [5.41, 5.74) is 3.02. The molecule has 1 nitrogen and oxygen atoms in total. The van der Waals surface area contributed by atoms with E-state index in [0.29, 0.717) is 0 Å². The summed E-state index contributed by atoms with van der Waals surface area (Å²) in [5, 5.41) is 0. The van der Waals surface area contributed by atoms with Crippen LogP contribution in [-0.4, -0.2) is 13.1 Å². The molecule has 0 unspecified atom stereocenters. The second kappa shape index (κ2) is 41.2. The summed E-state index contributed by atoms with van der Waals surface area (Å²) in [6, 6.07) is 9.80. The molecular formula is C51H97N. The van der Waals surface area contributed by atoms with Crippen molar-refractivity contribution < 1.29 is 0 Å². The summed E-state index contributed by atoms with van der Waals surface area (Å²) < 4.78 is 0. The molecule has 0 aliphatic carbocycles. The first-order valence-corrected chi connectivity index (χ1v) is 24.7. The van der Waals surface area contributed by atoms with Gasteiger partial charge >= 0.3 is 0 Å². The van der Waals surface area contributed by atoms with Gasteiger partial charge < -0.3 is 4.90 Å².